The van der Waals surface area contributed by atoms with Gasteiger partial charge in [0.15, 0.2) is 0 Å². The van der Waals surface area contributed by atoms with Gasteiger partial charge in [0.1, 0.15) is 0 Å². The molecule has 0 bridgehead atoms. The van der Waals surface area contributed by atoms with Gasteiger partial charge in [0.25, 0.3) is 5.91 Å². The van der Waals surface area contributed by atoms with Crippen LogP contribution in [0.3, 0.4) is 0 Å². The summed E-state index contributed by atoms with van der Waals surface area (Å²) in [5.74, 6) is -0.0569. The van der Waals surface area contributed by atoms with Gasteiger partial charge in [-0.2, -0.15) is 0 Å². The zero-order chi connectivity index (χ0) is 14.8. The Balaban J connectivity index is 1.81. The summed E-state index contributed by atoms with van der Waals surface area (Å²) in [6, 6.07) is 6.25. The van der Waals surface area contributed by atoms with Gasteiger partial charge < -0.3 is 10.3 Å². The molecule has 1 amide bonds. The summed E-state index contributed by atoms with van der Waals surface area (Å²) in [5, 5.41) is 4.14. The van der Waals surface area contributed by atoms with E-state index in [1.54, 1.807) is 0 Å². The average molecular weight is 347 g/mol. The molecule has 3 nitrogen and oxygen atoms in total. The van der Waals surface area contributed by atoms with Crippen molar-refractivity contribution in [3.8, 4) is 0 Å². The first-order chi connectivity index (χ1) is 10.2. The predicted molar refractivity (Wildman–Crippen MR) is 90.0 cm³/mol. The minimum absolute atomic E-state index is 0.0569. The second kappa shape index (κ2) is 6.06. The number of hydrogen-bond acceptors (Lipinski definition) is 1. The molecule has 3 rings (SSSR count). The van der Waals surface area contributed by atoms with Crippen LogP contribution in [0.2, 0.25) is 0 Å². The maximum Gasteiger partial charge on any atom is 0.251 e. The maximum absolute atomic E-state index is 12.4. The lowest BCUT2D eigenvalue weighted by Gasteiger charge is -2.23. The molecule has 0 atom stereocenters. The highest BCUT2D eigenvalue weighted by Gasteiger charge is 2.20. The molecule has 4 heteroatoms. The van der Waals surface area contributed by atoms with Crippen molar-refractivity contribution < 1.29 is 4.79 Å². The normalized spacial score (nSPS) is 16.0. The zero-order valence-electron chi connectivity index (χ0n) is 11.9. The number of nitrogens with one attached hydrogen (secondary N) is 2. The van der Waals surface area contributed by atoms with E-state index < -0.39 is 0 Å². The molecule has 0 radical (unpaired) electrons. The number of hydrogen-bond donors (Lipinski definition) is 2. The SMILES string of the molecule is C=C(C(=O)NC1CCCCC1)c1c[nH]c2cccc(Br)c12. The van der Waals surface area contributed by atoms with Crippen molar-refractivity contribution in [3.05, 3.63) is 41.0 Å². The monoisotopic (exact) mass is 346 g/mol. The molecule has 110 valence electrons. The summed E-state index contributed by atoms with van der Waals surface area (Å²) >= 11 is 3.55. The molecule has 0 saturated heterocycles. The van der Waals surface area contributed by atoms with Crippen molar-refractivity contribution in [3.63, 3.8) is 0 Å². The molecule has 1 aromatic heterocycles. The lowest BCUT2D eigenvalue weighted by molar-refractivity contribution is -0.116. The molecule has 1 saturated carbocycles. The summed E-state index contributed by atoms with van der Waals surface area (Å²) in [6.07, 6.45) is 7.71. The highest BCUT2D eigenvalue weighted by Crippen LogP contribution is 2.31. The smallest absolute Gasteiger partial charge is 0.251 e. The Morgan fingerprint density at radius 1 is 1.29 bits per heavy atom. The third-order valence-corrected chi connectivity index (χ3v) is 4.86. The number of carbonyl (C=O) groups is 1. The molecule has 0 spiro atoms. The van der Waals surface area contributed by atoms with E-state index in [-0.39, 0.29) is 5.91 Å². The second-order valence-electron chi connectivity index (χ2n) is 5.65. The average Bonchev–Trinajstić information content (AvgIpc) is 2.93. The third-order valence-electron chi connectivity index (χ3n) is 4.19. The lowest BCUT2D eigenvalue weighted by atomic mass is 9.95. The van der Waals surface area contributed by atoms with Gasteiger partial charge >= 0.3 is 0 Å². The van der Waals surface area contributed by atoms with Crippen LogP contribution in [0.15, 0.2) is 35.4 Å². The molecule has 1 aliphatic carbocycles. The second-order valence-corrected chi connectivity index (χ2v) is 6.51. The summed E-state index contributed by atoms with van der Waals surface area (Å²) < 4.78 is 0.975. The van der Waals surface area contributed by atoms with E-state index in [2.05, 4.69) is 32.8 Å². The fourth-order valence-electron chi connectivity index (χ4n) is 3.02. The van der Waals surface area contributed by atoms with Crippen molar-refractivity contribution in [1.82, 2.24) is 10.3 Å². The van der Waals surface area contributed by atoms with E-state index in [1.807, 2.05) is 24.4 Å². The third kappa shape index (κ3) is 2.91. The van der Waals surface area contributed by atoms with Gasteiger partial charge in [-0.05, 0) is 25.0 Å². The van der Waals surface area contributed by atoms with E-state index in [1.165, 1.54) is 19.3 Å². The molecular weight excluding hydrogens is 328 g/mol. The Bertz CT molecular complexity index is 683. The molecule has 1 aromatic carbocycles. The van der Waals surface area contributed by atoms with E-state index >= 15 is 0 Å². The molecule has 21 heavy (non-hydrogen) atoms. The van der Waals surface area contributed by atoms with Crippen LogP contribution in [0.4, 0.5) is 0 Å². The molecular formula is C17H19BrN2O. The number of H-pyrrole nitrogens is 1. The molecule has 0 unspecified atom stereocenters. The Hall–Kier alpha value is -1.55. The number of amides is 1. The standard InChI is InChI=1S/C17H19BrN2O/c1-11(17(21)20-12-6-3-2-4-7-12)13-10-19-15-9-5-8-14(18)16(13)15/h5,8-10,12,19H,1-4,6-7H2,(H,20,21). The van der Waals surface area contributed by atoms with Gasteiger partial charge in [-0.25, -0.2) is 0 Å². The van der Waals surface area contributed by atoms with E-state index in [9.17, 15) is 4.79 Å². The largest absolute Gasteiger partial charge is 0.361 e. The van der Waals surface area contributed by atoms with Gasteiger partial charge in [0.05, 0.1) is 0 Å². The highest BCUT2D eigenvalue weighted by atomic mass is 79.9. The van der Waals surface area contributed by atoms with Crippen molar-refractivity contribution in [1.29, 1.82) is 0 Å². The van der Waals surface area contributed by atoms with Crippen LogP contribution in [0.5, 0.6) is 0 Å². The number of halogens is 1. The number of rotatable bonds is 3. The zero-order valence-corrected chi connectivity index (χ0v) is 13.5. The first-order valence-corrected chi connectivity index (χ1v) is 8.22. The fraction of sp³-hybridized carbons (Fsp3) is 0.353. The van der Waals surface area contributed by atoms with Crippen LogP contribution in [-0.2, 0) is 4.79 Å². The van der Waals surface area contributed by atoms with Gasteiger partial charge in [-0.3, -0.25) is 4.79 Å². The van der Waals surface area contributed by atoms with Crippen molar-refractivity contribution in [2.45, 2.75) is 38.1 Å². The Labute approximate surface area is 132 Å². The molecule has 1 aliphatic rings. The van der Waals surface area contributed by atoms with Crippen LogP contribution in [0.1, 0.15) is 37.7 Å². The predicted octanol–water partition coefficient (Wildman–Crippen LogP) is 4.39. The fourth-order valence-corrected chi connectivity index (χ4v) is 3.60. The molecule has 1 heterocycles. The number of fused-ring (bicyclic) bond motifs is 1. The summed E-state index contributed by atoms with van der Waals surface area (Å²) in [7, 11) is 0. The Kier molecular flexibility index (Phi) is 4.15. The first-order valence-electron chi connectivity index (χ1n) is 7.42. The van der Waals surface area contributed by atoms with Crippen LogP contribution < -0.4 is 5.32 Å². The summed E-state index contributed by atoms with van der Waals surface area (Å²) in [6.45, 7) is 4.00. The van der Waals surface area contributed by atoms with Crippen molar-refractivity contribution in [2.75, 3.05) is 0 Å². The Morgan fingerprint density at radius 2 is 2.05 bits per heavy atom. The van der Waals surface area contributed by atoms with Crippen molar-refractivity contribution in [2.24, 2.45) is 0 Å². The van der Waals surface area contributed by atoms with Crippen molar-refractivity contribution >= 4 is 38.3 Å². The van der Waals surface area contributed by atoms with E-state index in [0.29, 0.717) is 11.6 Å². The van der Waals surface area contributed by atoms with Crippen LogP contribution >= 0.6 is 15.9 Å². The van der Waals surface area contributed by atoms with Gasteiger partial charge in [0.2, 0.25) is 0 Å². The lowest BCUT2D eigenvalue weighted by Crippen LogP contribution is -2.36. The van der Waals surface area contributed by atoms with Gasteiger partial charge in [-0.1, -0.05) is 47.8 Å². The van der Waals surface area contributed by atoms with E-state index in [4.69, 9.17) is 0 Å². The Morgan fingerprint density at radius 3 is 2.81 bits per heavy atom. The minimum atomic E-state index is -0.0569. The number of carbonyl (C=O) groups excluding carboxylic acids is 1. The van der Waals surface area contributed by atoms with E-state index in [0.717, 1.165) is 33.8 Å². The van der Waals surface area contributed by atoms with Crippen LogP contribution in [0, 0.1) is 0 Å². The number of aromatic amines is 1. The number of benzene rings is 1. The van der Waals surface area contributed by atoms with Crippen LogP contribution in [0.25, 0.3) is 16.5 Å². The minimum Gasteiger partial charge on any atom is -0.361 e. The highest BCUT2D eigenvalue weighted by molar-refractivity contribution is 9.10. The summed E-state index contributed by atoms with van der Waals surface area (Å²) in [4.78, 5) is 15.6. The van der Waals surface area contributed by atoms with Crippen LogP contribution in [-0.4, -0.2) is 16.9 Å². The topological polar surface area (TPSA) is 44.9 Å². The van der Waals surface area contributed by atoms with Gasteiger partial charge in [0, 0.05) is 38.8 Å². The molecule has 1 fully saturated rings. The quantitative estimate of drug-likeness (QED) is 0.795. The molecule has 2 N–H and O–H groups in total. The van der Waals surface area contributed by atoms with Gasteiger partial charge in [-0.15, -0.1) is 0 Å². The maximum atomic E-state index is 12.4. The number of aromatic nitrogens is 1. The molecule has 2 aromatic rings. The first kappa shape index (κ1) is 14.4. The summed E-state index contributed by atoms with van der Waals surface area (Å²) in [5.41, 5.74) is 2.40. The molecule has 0 aliphatic heterocycles.